The van der Waals surface area contributed by atoms with Crippen LogP contribution in [0.25, 0.3) is 11.5 Å². The Labute approximate surface area is 183 Å². The summed E-state index contributed by atoms with van der Waals surface area (Å²) in [6.45, 7) is -0.104. The largest absolute Gasteiger partial charge is 0.452 e. The van der Waals surface area contributed by atoms with Crippen LogP contribution in [0.3, 0.4) is 0 Å². The number of thioether (sulfide) groups is 1. The molecule has 0 amide bonds. The Balaban J connectivity index is 1.39. The molecule has 31 heavy (non-hydrogen) atoms. The molecule has 1 heterocycles. The number of ether oxygens (including phenoxy) is 1. The first-order valence-corrected chi connectivity index (χ1v) is 10.5. The Kier molecular flexibility index (Phi) is 6.41. The fourth-order valence-electron chi connectivity index (χ4n) is 2.81. The predicted molar refractivity (Wildman–Crippen MR) is 116 cm³/mol. The van der Waals surface area contributed by atoms with E-state index >= 15 is 0 Å². The molecule has 0 fully saturated rings. The van der Waals surface area contributed by atoms with Gasteiger partial charge in [-0.05, 0) is 42.0 Å². The lowest BCUT2D eigenvalue weighted by atomic mass is 10.2. The molecule has 0 aliphatic carbocycles. The van der Waals surface area contributed by atoms with Gasteiger partial charge in [0.05, 0.1) is 17.2 Å². The number of carbonyl (C=O) groups excluding carboxylic acids is 1. The highest BCUT2D eigenvalue weighted by Crippen LogP contribution is 2.27. The fourth-order valence-corrected chi connectivity index (χ4v) is 3.81. The number of carbonyl (C=O) groups is 1. The standard InChI is InChI=1S/C24H17N3O3S/c25-14-17-10-12-18(13-11-17)16-31-21-9-5-4-8-20(21)24(28)29-15-22-26-27-23(30-22)19-6-2-1-3-7-19/h1-13H,15-16H2. The number of hydrogen-bond donors (Lipinski definition) is 0. The first-order valence-electron chi connectivity index (χ1n) is 9.49. The molecule has 0 aliphatic heterocycles. The molecule has 1 aromatic heterocycles. The van der Waals surface area contributed by atoms with Gasteiger partial charge in [0.2, 0.25) is 5.89 Å². The van der Waals surface area contributed by atoms with E-state index in [0.717, 1.165) is 16.0 Å². The smallest absolute Gasteiger partial charge is 0.339 e. The van der Waals surface area contributed by atoms with Gasteiger partial charge < -0.3 is 9.15 Å². The molecule has 3 aromatic carbocycles. The summed E-state index contributed by atoms with van der Waals surface area (Å²) in [6, 6.07) is 26.2. The summed E-state index contributed by atoms with van der Waals surface area (Å²) in [5, 5.41) is 16.9. The summed E-state index contributed by atoms with van der Waals surface area (Å²) in [6.07, 6.45) is 0. The second-order valence-electron chi connectivity index (χ2n) is 6.54. The van der Waals surface area contributed by atoms with E-state index in [1.807, 2.05) is 54.6 Å². The van der Waals surface area contributed by atoms with Crippen LogP contribution in [0, 0.1) is 11.3 Å². The van der Waals surface area contributed by atoms with E-state index in [9.17, 15) is 4.79 Å². The van der Waals surface area contributed by atoms with Gasteiger partial charge >= 0.3 is 5.97 Å². The topological polar surface area (TPSA) is 89.0 Å². The molecule has 152 valence electrons. The SMILES string of the molecule is N#Cc1ccc(CSc2ccccc2C(=O)OCc2nnc(-c3ccccc3)o2)cc1. The van der Waals surface area contributed by atoms with Gasteiger partial charge in [-0.1, -0.05) is 42.5 Å². The van der Waals surface area contributed by atoms with Crippen molar-refractivity contribution in [2.24, 2.45) is 0 Å². The van der Waals surface area contributed by atoms with E-state index in [1.165, 1.54) is 11.8 Å². The van der Waals surface area contributed by atoms with Gasteiger partial charge in [-0.3, -0.25) is 0 Å². The molecule has 0 radical (unpaired) electrons. The minimum absolute atomic E-state index is 0.104. The Morgan fingerprint density at radius 2 is 1.71 bits per heavy atom. The van der Waals surface area contributed by atoms with Crippen molar-refractivity contribution in [3.63, 3.8) is 0 Å². The second kappa shape index (κ2) is 9.74. The number of benzene rings is 3. The van der Waals surface area contributed by atoms with Crippen molar-refractivity contribution in [2.45, 2.75) is 17.3 Å². The van der Waals surface area contributed by atoms with Crippen molar-refractivity contribution in [3.8, 4) is 17.5 Å². The van der Waals surface area contributed by atoms with Gasteiger partial charge in [-0.2, -0.15) is 5.26 Å². The molecule has 0 saturated carbocycles. The van der Waals surface area contributed by atoms with Crippen LogP contribution in [0.5, 0.6) is 0 Å². The van der Waals surface area contributed by atoms with Crippen molar-refractivity contribution in [1.82, 2.24) is 10.2 Å². The van der Waals surface area contributed by atoms with Crippen LogP contribution in [-0.2, 0) is 17.1 Å². The van der Waals surface area contributed by atoms with Gasteiger partial charge in [0, 0.05) is 16.2 Å². The normalized spacial score (nSPS) is 10.4. The molecule has 0 saturated heterocycles. The lowest BCUT2D eigenvalue weighted by Gasteiger charge is -2.08. The maximum absolute atomic E-state index is 12.6. The van der Waals surface area contributed by atoms with E-state index in [0.29, 0.717) is 22.8 Å². The zero-order valence-corrected chi connectivity index (χ0v) is 17.2. The number of nitrogens with zero attached hydrogens (tertiary/aromatic N) is 3. The van der Waals surface area contributed by atoms with Crippen LogP contribution in [0.15, 0.2) is 88.2 Å². The van der Waals surface area contributed by atoms with Gasteiger partial charge in [-0.25, -0.2) is 4.79 Å². The van der Waals surface area contributed by atoms with Crippen molar-refractivity contribution in [1.29, 1.82) is 5.26 Å². The zero-order chi connectivity index (χ0) is 21.5. The van der Waals surface area contributed by atoms with Crippen LogP contribution < -0.4 is 0 Å². The molecule has 0 spiro atoms. The Hall–Kier alpha value is -3.89. The monoisotopic (exact) mass is 427 g/mol. The summed E-state index contributed by atoms with van der Waals surface area (Å²) in [7, 11) is 0. The van der Waals surface area contributed by atoms with Crippen LogP contribution in [0.2, 0.25) is 0 Å². The summed E-state index contributed by atoms with van der Waals surface area (Å²) < 4.78 is 11.0. The predicted octanol–water partition coefficient (Wildman–Crippen LogP) is 5.26. The van der Waals surface area contributed by atoms with Crippen molar-refractivity contribution < 1.29 is 13.9 Å². The quantitative estimate of drug-likeness (QED) is 0.294. The molecule has 0 unspecified atom stereocenters. The average Bonchev–Trinajstić information content (AvgIpc) is 3.31. The molecular weight excluding hydrogens is 410 g/mol. The minimum atomic E-state index is -0.456. The van der Waals surface area contributed by atoms with E-state index in [2.05, 4.69) is 16.3 Å². The fraction of sp³-hybridized carbons (Fsp3) is 0.0833. The van der Waals surface area contributed by atoms with Crippen LogP contribution in [-0.4, -0.2) is 16.2 Å². The highest BCUT2D eigenvalue weighted by atomic mass is 32.2. The average molecular weight is 427 g/mol. The molecule has 0 aliphatic rings. The Morgan fingerprint density at radius 3 is 2.48 bits per heavy atom. The van der Waals surface area contributed by atoms with E-state index in [4.69, 9.17) is 14.4 Å². The molecule has 0 atom stereocenters. The molecular formula is C24H17N3O3S. The van der Waals surface area contributed by atoms with Crippen molar-refractivity contribution >= 4 is 17.7 Å². The minimum Gasteiger partial charge on any atom is -0.452 e. The lowest BCUT2D eigenvalue weighted by Crippen LogP contribution is -2.07. The third-order valence-electron chi connectivity index (χ3n) is 4.40. The maximum atomic E-state index is 12.6. The number of nitriles is 1. The summed E-state index contributed by atoms with van der Waals surface area (Å²) in [5.74, 6) is 0.822. The highest BCUT2D eigenvalue weighted by Gasteiger charge is 2.15. The number of rotatable bonds is 7. The molecule has 7 heteroatoms. The van der Waals surface area contributed by atoms with E-state index < -0.39 is 5.97 Å². The second-order valence-corrected chi connectivity index (χ2v) is 7.55. The van der Waals surface area contributed by atoms with Crippen LogP contribution in [0.1, 0.15) is 27.4 Å². The van der Waals surface area contributed by atoms with Crippen LogP contribution >= 0.6 is 11.8 Å². The lowest BCUT2D eigenvalue weighted by molar-refractivity contribution is 0.0434. The zero-order valence-electron chi connectivity index (χ0n) is 16.4. The summed E-state index contributed by atoms with van der Waals surface area (Å²) in [5.41, 5.74) is 2.96. The van der Waals surface area contributed by atoms with Gasteiger partial charge in [0.1, 0.15) is 0 Å². The van der Waals surface area contributed by atoms with E-state index in [-0.39, 0.29) is 12.5 Å². The molecule has 0 N–H and O–H groups in total. The van der Waals surface area contributed by atoms with Gasteiger partial charge in [-0.15, -0.1) is 22.0 Å². The van der Waals surface area contributed by atoms with Crippen molar-refractivity contribution in [3.05, 3.63) is 101 Å². The van der Waals surface area contributed by atoms with E-state index in [1.54, 1.807) is 24.3 Å². The Bertz CT molecular complexity index is 1210. The molecule has 0 bridgehead atoms. The third-order valence-corrected chi connectivity index (χ3v) is 5.54. The molecule has 4 rings (SSSR count). The van der Waals surface area contributed by atoms with Crippen LogP contribution in [0.4, 0.5) is 0 Å². The number of hydrogen-bond acceptors (Lipinski definition) is 7. The third kappa shape index (κ3) is 5.18. The maximum Gasteiger partial charge on any atom is 0.339 e. The van der Waals surface area contributed by atoms with Gasteiger partial charge in [0.15, 0.2) is 6.61 Å². The Morgan fingerprint density at radius 1 is 0.968 bits per heavy atom. The van der Waals surface area contributed by atoms with Gasteiger partial charge in [0.25, 0.3) is 5.89 Å². The summed E-state index contributed by atoms with van der Waals surface area (Å²) in [4.78, 5) is 13.5. The first-order chi connectivity index (χ1) is 15.2. The summed E-state index contributed by atoms with van der Waals surface area (Å²) >= 11 is 1.53. The van der Waals surface area contributed by atoms with Crippen molar-refractivity contribution in [2.75, 3.05) is 0 Å². The number of aromatic nitrogens is 2. The number of esters is 1. The first kappa shape index (κ1) is 20.4. The molecule has 4 aromatic rings. The molecule has 6 nitrogen and oxygen atoms in total. The highest BCUT2D eigenvalue weighted by molar-refractivity contribution is 7.98.